The molecule has 1 atom stereocenters. The van der Waals surface area contributed by atoms with Gasteiger partial charge in [-0.2, -0.15) is 0 Å². The number of fused-ring (bicyclic) bond motifs is 1. The van der Waals surface area contributed by atoms with E-state index in [1.54, 1.807) is 11.8 Å². The maximum Gasteiger partial charge on any atom is 0.157 e. The molecule has 76 valence electrons. The molecule has 0 bridgehead atoms. The van der Waals surface area contributed by atoms with E-state index in [1.807, 2.05) is 13.0 Å². The zero-order chi connectivity index (χ0) is 10.3. The number of aryl methyl sites for hydroxylation is 1. The Morgan fingerprint density at radius 1 is 1.50 bits per heavy atom. The van der Waals surface area contributed by atoms with Gasteiger partial charge in [0.15, 0.2) is 5.75 Å². The first-order valence-corrected chi connectivity index (χ1v) is 5.45. The van der Waals surface area contributed by atoms with Crippen molar-refractivity contribution in [1.29, 1.82) is 0 Å². The lowest BCUT2D eigenvalue weighted by Crippen LogP contribution is -2.17. The third kappa shape index (κ3) is 1.39. The predicted molar refractivity (Wildman–Crippen MR) is 60.8 cm³/mol. The van der Waals surface area contributed by atoms with Crippen molar-refractivity contribution < 1.29 is 4.74 Å². The van der Waals surface area contributed by atoms with E-state index in [0.717, 1.165) is 21.9 Å². The maximum atomic E-state index is 5.98. The fourth-order valence-corrected chi connectivity index (χ4v) is 2.62. The minimum Gasteiger partial charge on any atom is -0.489 e. The van der Waals surface area contributed by atoms with E-state index >= 15 is 0 Å². The first-order valence-electron chi connectivity index (χ1n) is 4.57. The summed E-state index contributed by atoms with van der Waals surface area (Å²) < 4.78 is 5.58. The van der Waals surface area contributed by atoms with Gasteiger partial charge < -0.3 is 16.2 Å². The Bertz CT molecular complexity index is 379. The summed E-state index contributed by atoms with van der Waals surface area (Å²) in [5.74, 6) is 0.760. The number of anilines is 2. The summed E-state index contributed by atoms with van der Waals surface area (Å²) >= 11 is 1.74. The first-order chi connectivity index (χ1) is 6.59. The number of nitrogens with two attached hydrogens (primary N) is 2. The Kier molecular flexibility index (Phi) is 2.23. The summed E-state index contributed by atoms with van der Waals surface area (Å²) in [7, 11) is 0. The van der Waals surface area contributed by atoms with Gasteiger partial charge in [-0.25, -0.2) is 0 Å². The number of hydrogen-bond acceptors (Lipinski definition) is 4. The molecule has 1 aliphatic heterocycles. The number of nitrogen functional groups attached to an aromatic ring is 2. The molecule has 2 rings (SSSR count). The zero-order valence-corrected chi connectivity index (χ0v) is 9.15. The lowest BCUT2D eigenvalue weighted by atomic mass is 10.1. The second kappa shape index (κ2) is 3.28. The van der Waals surface area contributed by atoms with Crippen LogP contribution in [0.25, 0.3) is 0 Å². The zero-order valence-electron chi connectivity index (χ0n) is 8.33. The van der Waals surface area contributed by atoms with Gasteiger partial charge in [0, 0.05) is 5.25 Å². The molecule has 1 aromatic carbocycles. The third-order valence-corrected chi connectivity index (χ3v) is 3.47. The van der Waals surface area contributed by atoms with Crippen molar-refractivity contribution in [3.8, 4) is 5.75 Å². The lowest BCUT2D eigenvalue weighted by molar-refractivity contribution is 0.310. The Morgan fingerprint density at radius 2 is 2.21 bits per heavy atom. The molecule has 4 N–H and O–H groups in total. The van der Waals surface area contributed by atoms with E-state index in [1.165, 1.54) is 0 Å². The van der Waals surface area contributed by atoms with Crippen LogP contribution in [0, 0.1) is 6.92 Å². The molecular formula is C10H14N2OS. The van der Waals surface area contributed by atoms with E-state index in [2.05, 4.69) is 6.92 Å². The number of thioether (sulfide) groups is 1. The van der Waals surface area contributed by atoms with Crippen LogP contribution < -0.4 is 16.2 Å². The highest BCUT2D eigenvalue weighted by molar-refractivity contribution is 8.00. The van der Waals surface area contributed by atoms with Gasteiger partial charge in [-0.1, -0.05) is 0 Å². The average Bonchev–Trinajstić information content (AvgIpc) is 2.14. The normalized spacial score (nSPS) is 20.0. The standard InChI is InChI=1S/C10H14N2OS/c1-5-3-7(11)9-10(8(5)12)14-6(2)4-13-9/h3,6H,4,11-12H2,1-2H3. The Balaban J connectivity index is 2.57. The van der Waals surface area contributed by atoms with Crippen molar-refractivity contribution in [3.63, 3.8) is 0 Å². The second-order valence-corrected chi connectivity index (χ2v) is 5.04. The molecule has 1 aliphatic rings. The maximum absolute atomic E-state index is 5.98. The fraction of sp³-hybridized carbons (Fsp3) is 0.400. The summed E-state index contributed by atoms with van der Waals surface area (Å²) in [6, 6.07) is 1.87. The molecule has 0 aliphatic carbocycles. The van der Waals surface area contributed by atoms with Crippen molar-refractivity contribution in [1.82, 2.24) is 0 Å². The SMILES string of the molecule is Cc1cc(N)c2c(c1N)SC(C)CO2. The number of ether oxygens (including phenoxy) is 1. The van der Waals surface area contributed by atoms with Crippen LogP contribution >= 0.6 is 11.8 Å². The molecule has 0 radical (unpaired) electrons. The van der Waals surface area contributed by atoms with Crippen molar-refractivity contribution in [2.75, 3.05) is 18.1 Å². The fourth-order valence-electron chi connectivity index (χ4n) is 1.51. The summed E-state index contributed by atoms with van der Waals surface area (Å²) in [6.07, 6.45) is 0. The van der Waals surface area contributed by atoms with Crippen LogP contribution in [0.2, 0.25) is 0 Å². The summed E-state index contributed by atoms with van der Waals surface area (Å²) in [4.78, 5) is 1.00. The van der Waals surface area contributed by atoms with Crippen LogP contribution in [-0.2, 0) is 0 Å². The molecule has 0 amide bonds. The van der Waals surface area contributed by atoms with Gasteiger partial charge in [-0.3, -0.25) is 0 Å². The minimum absolute atomic E-state index is 0.436. The third-order valence-electron chi connectivity index (χ3n) is 2.29. The van der Waals surface area contributed by atoms with Gasteiger partial charge >= 0.3 is 0 Å². The smallest absolute Gasteiger partial charge is 0.157 e. The topological polar surface area (TPSA) is 61.3 Å². The van der Waals surface area contributed by atoms with Crippen LogP contribution in [0.3, 0.4) is 0 Å². The Hall–Kier alpha value is -1.03. The van der Waals surface area contributed by atoms with E-state index in [4.69, 9.17) is 16.2 Å². The Morgan fingerprint density at radius 3 is 2.93 bits per heavy atom. The van der Waals surface area contributed by atoms with Crippen LogP contribution in [-0.4, -0.2) is 11.9 Å². The van der Waals surface area contributed by atoms with Crippen LogP contribution in [0.1, 0.15) is 12.5 Å². The number of benzene rings is 1. The first kappa shape index (κ1) is 9.52. The molecule has 1 heterocycles. The number of hydrogen-bond donors (Lipinski definition) is 2. The van der Waals surface area contributed by atoms with Gasteiger partial charge in [0.2, 0.25) is 0 Å². The molecule has 4 heteroatoms. The van der Waals surface area contributed by atoms with Gasteiger partial charge in [0.25, 0.3) is 0 Å². The average molecular weight is 210 g/mol. The van der Waals surface area contributed by atoms with Crippen molar-refractivity contribution in [2.45, 2.75) is 24.0 Å². The molecule has 0 saturated heterocycles. The van der Waals surface area contributed by atoms with Crippen LogP contribution in [0.15, 0.2) is 11.0 Å². The Labute approximate surface area is 87.8 Å². The van der Waals surface area contributed by atoms with E-state index in [-0.39, 0.29) is 0 Å². The number of rotatable bonds is 0. The molecule has 0 fully saturated rings. The molecule has 1 unspecified atom stereocenters. The van der Waals surface area contributed by atoms with E-state index < -0.39 is 0 Å². The quantitative estimate of drug-likeness (QED) is 0.643. The highest BCUT2D eigenvalue weighted by Crippen LogP contribution is 2.45. The lowest BCUT2D eigenvalue weighted by Gasteiger charge is -2.25. The summed E-state index contributed by atoms with van der Waals surface area (Å²) in [5, 5.41) is 0.436. The van der Waals surface area contributed by atoms with Gasteiger partial charge in [0.05, 0.1) is 16.3 Å². The largest absolute Gasteiger partial charge is 0.489 e. The molecule has 14 heavy (non-hydrogen) atoms. The van der Waals surface area contributed by atoms with Crippen LogP contribution in [0.4, 0.5) is 11.4 Å². The van der Waals surface area contributed by atoms with Gasteiger partial charge in [-0.05, 0) is 25.5 Å². The van der Waals surface area contributed by atoms with Crippen LogP contribution in [0.5, 0.6) is 5.75 Å². The molecular weight excluding hydrogens is 196 g/mol. The molecule has 0 aromatic heterocycles. The monoisotopic (exact) mass is 210 g/mol. The van der Waals surface area contributed by atoms with Gasteiger partial charge in [0.1, 0.15) is 6.61 Å². The van der Waals surface area contributed by atoms with Crippen molar-refractivity contribution in [2.24, 2.45) is 0 Å². The predicted octanol–water partition coefficient (Wildman–Crippen LogP) is 2.03. The molecule has 1 aromatic rings. The second-order valence-electron chi connectivity index (χ2n) is 3.59. The van der Waals surface area contributed by atoms with Crippen molar-refractivity contribution in [3.05, 3.63) is 11.6 Å². The van der Waals surface area contributed by atoms with Gasteiger partial charge in [-0.15, -0.1) is 11.8 Å². The molecule has 3 nitrogen and oxygen atoms in total. The van der Waals surface area contributed by atoms with E-state index in [9.17, 15) is 0 Å². The van der Waals surface area contributed by atoms with Crippen molar-refractivity contribution >= 4 is 23.1 Å². The van der Waals surface area contributed by atoms with E-state index in [0.29, 0.717) is 17.5 Å². The summed E-state index contributed by atoms with van der Waals surface area (Å²) in [6.45, 7) is 4.78. The molecule has 0 saturated carbocycles. The highest BCUT2D eigenvalue weighted by atomic mass is 32.2. The molecule has 0 spiro atoms. The minimum atomic E-state index is 0.436. The summed E-state index contributed by atoms with van der Waals surface area (Å²) in [5.41, 5.74) is 14.3. The highest BCUT2D eigenvalue weighted by Gasteiger charge is 2.22.